The first-order valence-electron chi connectivity index (χ1n) is 11.8. The van der Waals surface area contributed by atoms with Crippen LogP contribution in [0.5, 0.6) is 11.5 Å². The van der Waals surface area contributed by atoms with Crippen LogP contribution in [-0.2, 0) is 14.4 Å². The van der Waals surface area contributed by atoms with Gasteiger partial charge in [-0.2, -0.15) is 0 Å². The number of carbonyl (C=O) groups excluding carboxylic acids is 2. The maximum absolute atomic E-state index is 11.7. The molecule has 178 valence electrons. The molecular weight excluding hydrogens is 418 g/mol. The Bertz CT molecular complexity index is 908. The molecule has 33 heavy (non-hydrogen) atoms. The number of nitrogens with zero attached hydrogens (tertiary/aromatic N) is 1. The van der Waals surface area contributed by atoms with Crippen LogP contribution in [-0.4, -0.2) is 24.3 Å². The van der Waals surface area contributed by atoms with Crippen molar-refractivity contribution in [3.8, 4) is 11.5 Å². The highest BCUT2D eigenvalue weighted by molar-refractivity contribution is 6.14. The first kappa shape index (κ1) is 26.1. The Morgan fingerprint density at radius 1 is 0.818 bits per heavy atom. The number of oxime groups is 1. The van der Waals surface area contributed by atoms with Crippen LogP contribution >= 0.6 is 0 Å². The van der Waals surface area contributed by atoms with Gasteiger partial charge >= 0.3 is 11.9 Å². The van der Waals surface area contributed by atoms with Crippen molar-refractivity contribution in [3.05, 3.63) is 59.7 Å². The lowest BCUT2D eigenvalue weighted by molar-refractivity contribution is -0.141. The summed E-state index contributed by atoms with van der Waals surface area (Å²) in [4.78, 5) is 28.0. The Balaban J connectivity index is 2.08. The monoisotopic (exact) mass is 453 g/mol. The van der Waals surface area contributed by atoms with Crippen molar-refractivity contribution < 1.29 is 23.9 Å². The van der Waals surface area contributed by atoms with Crippen LogP contribution in [0.1, 0.15) is 83.3 Å². The molecule has 0 aliphatic heterocycles. The van der Waals surface area contributed by atoms with Gasteiger partial charge in [0.05, 0.1) is 6.61 Å². The molecule has 0 aliphatic carbocycles. The summed E-state index contributed by atoms with van der Waals surface area (Å²) >= 11 is 0. The van der Waals surface area contributed by atoms with E-state index in [9.17, 15) is 9.59 Å². The summed E-state index contributed by atoms with van der Waals surface area (Å²) in [6, 6.07) is 14.5. The molecule has 6 nitrogen and oxygen atoms in total. The molecule has 0 unspecified atom stereocenters. The van der Waals surface area contributed by atoms with E-state index < -0.39 is 11.9 Å². The number of hydrogen-bond donors (Lipinski definition) is 0. The Morgan fingerprint density at radius 3 is 2.12 bits per heavy atom. The van der Waals surface area contributed by atoms with Crippen molar-refractivity contribution >= 4 is 17.7 Å². The molecule has 0 N–H and O–H groups in total. The Kier molecular flexibility index (Phi) is 11.7. The van der Waals surface area contributed by atoms with Gasteiger partial charge in [-0.05, 0) is 18.6 Å². The first-order chi connectivity index (χ1) is 16.0. The van der Waals surface area contributed by atoms with Crippen LogP contribution in [0.15, 0.2) is 53.7 Å². The van der Waals surface area contributed by atoms with Crippen LogP contribution in [0.25, 0.3) is 0 Å². The molecule has 2 aromatic rings. The summed E-state index contributed by atoms with van der Waals surface area (Å²) in [6.45, 7) is 5.44. The van der Waals surface area contributed by atoms with Crippen LogP contribution in [0.3, 0.4) is 0 Å². The Hall–Kier alpha value is -3.15. The molecule has 0 atom stereocenters. The van der Waals surface area contributed by atoms with Gasteiger partial charge in [-0.15, -0.1) is 0 Å². The zero-order valence-corrected chi connectivity index (χ0v) is 20.0. The van der Waals surface area contributed by atoms with Gasteiger partial charge in [0.25, 0.3) is 0 Å². The number of rotatable bonds is 14. The second-order valence-corrected chi connectivity index (χ2v) is 7.96. The molecule has 2 rings (SSSR count). The van der Waals surface area contributed by atoms with E-state index in [1.807, 2.05) is 30.3 Å². The Labute approximate surface area is 196 Å². The van der Waals surface area contributed by atoms with Crippen molar-refractivity contribution in [2.24, 2.45) is 5.16 Å². The third-order valence-electron chi connectivity index (χ3n) is 5.04. The molecule has 0 amide bonds. The third kappa shape index (κ3) is 9.89. The lowest BCUT2D eigenvalue weighted by atomic mass is 10.0. The third-order valence-corrected chi connectivity index (χ3v) is 5.04. The average Bonchev–Trinajstić information content (AvgIpc) is 2.79. The molecule has 0 saturated heterocycles. The van der Waals surface area contributed by atoms with Crippen LogP contribution < -0.4 is 9.47 Å². The molecule has 0 radical (unpaired) electrons. The van der Waals surface area contributed by atoms with Crippen molar-refractivity contribution in [1.82, 2.24) is 0 Å². The van der Waals surface area contributed by atoms with Gasteiger partial charge in [0.1, 0.15) is 17.2 Å². The zero-order chi connectivity index (χ0) is 23.9. The van der Waals surface area contributed by atoms with Crippen molar-refractivity contribution in [1.29, 1.82) is 0 Å². The highest BCUT2D eigenvalue weighted by Gasteiger charge is 2.17. The van der Waals surface area contributed by atoms with Crippen LogP contribution in [0.2, 0.25) is 0 Å². The lowest BCUT2D eigenvalue weighted by Gasteiger charge is -2.14. The van der Waals surface area contributed by atoms with Gasteiger partial charge in [-0.1, -0.05) is 87.4 Å². The van der Waals surface area contributed by atoms with E-state index in [0.717, 1.165) is 18.4 Å². The van der Waals surface area contributed by atoms with Crippen molar-refractivity contribution in [2.45, 2.75) is 72.1 Å². The molecule has 0 aliphatic rings. The van der Waals surface area contributed by atoms with E-state index in [4.69, 9.17) is 14.3 Å². The zero-order valence-electron chi connectivity index (χ0n) is 20.0. The minimum Gasteiger partial charge on any atom is -0.493 e. The quantitative estimate of drug-likeness (QED) is 0.0821. The summed E-state index contributed by atoms with van der Waals surface area (Å²) in [5.41, 5.74) is 1.63. The first-order valence-corrected chi connectivity index (χ1v) is 11.8. The second-order valence-electron chi connectivity index (χ2n) is 7.96. The van der Waals surface area contributed by atoms with Gasteiger partial charge in [0.2, 0.25) is 0 Å². The predicted molar refractivity (Wildman–Crippen MR) is 130 cm³/mol. The van der Waals surface area contributed by atoms with Crippen molar-refractivity contribution in [3.63, 3.8) is 0 Å². The van der Waals surface area contributed by atoms with E-state index in [2.05, 4.69) is 12.1 Å². The summed E-state index contributed by atoms with van der Waals surface area (Å²) in [5.74, 6) is -0.0947. The van der Waals surface area contributed by atoms with Gasteiger partial charge < -0.3 is 14.3 Å². The highest BCUT2D eigenvalue weighted by atomic mass is 16.7. The SMILES string of the molecule is CCCCCCCCCCOc1ccc(/C(=N\OC(C)=O)c2ccccc2)c(OC(C)=O)c1. The fourth-order valence-corrected chi connectivity index (χ4v) is 3.42. The predicted octanol–water partition coefficient (Wildman–Crippen LogP) is 6.45. The van der Waals surface area contributed by atoms with Gasteiger partial charge in [-0.25, -0.2) is 4.79 Å². The van der Waals surface area contributed by atoms with E-state index in [1.165, 1.54) is 52.4 Å². The number of unbranched alkanes of at least 4 members (excludes halogenated alkanes) is 7. The number of hydrogen-bond acceptors (Lipinski definition) is 6. The van der Waals surface area contributed by atoms with E-state index in [-0.39, 0.29) is 0 Å². The van der Waals surface area contributed by atoms with Gasteiger partial charge in [0.15, 0.2) is 0 Å². The summed E-state index contributed by atoms with van der Waals surface area (Å²) < 4.78 is 11.3. The minimum atomic E-state index is -0.539. The van der Waals surface area contributed by atoms with E-state index in [0.29, 0.717) is 29.4 Å². The summed E-state index contributed by atoms with van der Waals surface area (Å²) in [5, 5.41) is 4.02. The molecule has 0 bridgehead atoms. The second kappa shape index (κ2) is 14.8. The number of benzene rings is 2. The molecule has 0 saturated carbocycles. The number of carbonyl (C=O) groups is 2. The Morgan fingerprint density at radius 2 is 1.48 bits per heavy atom. The van der Waals surface area contributed by atoms with E-state index in [1.54, 1.807) is 18.2 Å². The number of esters is 1. The van der Waals surface area contributed by atoms with E-state index >= 15 is 0 Å². The number of ether oxygens (including phenoxy) is 2. The molecular formula is C27H35NO5. The van der Waals surface area contributed by atoms with Gasteiger partial charge in [-0.3, -0.25) is 4.79 Å². The average molecular weight is 454 g/mol. The summed E-state index contributed by atoms with van der Waals surface area (Å²) in [6.07, 6.45) is 9.82. The van der Waals surface area contributed by atoms with Gasteiger partial charge in [0, 0.05) is 31.0 Å². The maximum Gasteiger partial charge on any atom is 0.332 e. The standard InChI is InChI=1S/C27H35NO5/c1-4-5-6-7-8-9-10-14-19-31-24-17-18-25(26(20-24)32-21(2)29)27(28-33-22(3)30)23-15-12-11-13-16-23/h11-13,15-18,20H,4-10,14,19H2,1-3H3/b28-27-. The topological polar surface area (TPSA) is 74.2 Å². The normalized spacial score (nSPS) is 11.2. The molecule has 0 aromatic heterocycles. The molecule has 6 heteroatoms. The molecule has 2 aromatic carbocycles. The largest absolute Gasteiger partial charge is 0.493 e. The van der Waals surface area contributed by atoms with Crippen LogP contribution in [0, 0.1) is 0 Å². The van der Waals surface area contributed by atoms with Crippen LogP contribution in [0.4, 0.5) is 0 Å². The highest BCUT2D eigenvalue weighted by Crippen LogP contribution is 2.28. The fourth-order valence-electron chi connectivity index (χ4n) is 3.42. The van der Waals surface area contributed by atoms with Crippen molar-refractivity contribution in [2.75, 3.05) is 6.61 Å². The fraction of sp³-hybridized carbons (Fsp3) is 0.444. The molecule has 0 spiro atoms. The lowest BCUT2D eigenvalue weighted by Crippen LogP contribution is -2.11. The summed E-state index contributed by atoms with van der Waals surface area (Å²) in [7, 11) is 0. The molecule has 0 fully saturated rings. The maximum atomic E-state index is 11.7. The smallest absolute Gasteiger partial charge is 0.332 e. The minimum absolute atomic E-state index is 0.297. The molecule has 0 heterocycles.